The Bertz CT molecular complexity index is 954. The van der Waals surface area contributed by atoms with Crippen molar-refractivity contribution in [2.24, 2.45) is 5.92 Å². The van der Waals surface area contributed by atoms with Crippen LogP contribution in [-0.2, 0) is 4.79 Å². The second kappa shape index (κ2) is 8.68. The number of carbonyl (C=O) groups excluding carboxylic acids is 1. The Balaban J connectivity index is 1.39. The summed E-state index contributed by atoms with van der Waals surface area (Å²) < 4.78 is 5.21. The molecule has 1 N–H and O–H groups in total. The molecule has 7 nitrogen and oxygen atoms in total. The van der Waals surface area contributed by atoms with E-state index in [1.807, 2.05) is 42.5 Å². The number of rotatable bonds is 5. The molecular weight excluding hydrogens is 366 g/mol. The van der Waals surface area contributed by atoms with Crippen molar-refractivity contribution in [1.29, 1.82) is 0 Å². The van der Waals surface area contributed by atoms with Crippen molar-refractivity contribution in [3.8, 4) is 17.0 Å². The highest BCUT2D eigenvalue weighted by molar-refractivity contribution is 5.92. The summed E-state index contributed by atoms with van der Waals surface area (Å²) in [7, 11) is 1.65. The first-order valence-electron chi connectivity index (χ1n) is 9.65. The highest BCUT2D eigenvalue weighted by Crippen LogP contribution is 2.26. The van der Waals surface area contributed by atoms with Crippen molar-refractivity contribution in [2.45, 2.75) is 12.8 Å². The molecule has 0 unspecified atom stereocenters. The third-order valence-electron chi connectivity index (χ3n) is 5.16. The van der Waals surface area contributed by atoms with Gasteiger partial charge in [-0.2, -0.15) is 0 Å². The first-order valence-corrected chi connectivity index (χ1v) is 9.65. The number of ether oxygens (including phenoxy) is 1. The lowest BCUT2D eigenvalue weighted by Crippen LogP contribution is -2.38. The minimum absolute atomic E-state index is 0.00523. The van der Waals surface area contributed by atoms with Gasteiger partial charge in [-0.15, -0.1) is 0 Å². The quantitative estimate of drug-likeness (QED) is 0.720. The first-order chi connectivity index (χ1) is 14.2. The van der Waals surface area contributed by atoms with Crippen LogP contribution >= 0.6 is 0 Å². The molecule has 1 amide bonds. The molecule has 1 aliphatic heterocycles. The van der Waals surface area contributed by atoms with Gasteiger partial charge in [-0.1, -0.05) is 0 Å². The minimum atomic E-state index is -0.00523. The Morgan fingerprint density at radius 1 is 1.14 bits per heavy atom. The molecule has 0 bridgehead atoms. The van der Waals surface area contributed by atoms with Crippen molar-refractivity contribution in [1.82, 2.24) is 15.0 Å². The van der Waals surface area contributed by atoms with Gasteiger partial charge in [0.1, 0.15) is 17.9 Å². The van der Waals surface area contributed by atoms with Crippen molar-refractivity contribution in [2.75, 3.05) is 30.4 Å². The number of pyridine rings is 1. The van der Waals surface area contributed by atoms with Crippen LogP contribution in [0.5, 0.6) is 5.75 Å². The molecule has 0 radical (unpaired) electrons. The zero-order valence-electron chi connectivity index (χ0n) is 16.3. The number of aromatic nitrogens is 3. The summed E-state index contributed by atoms with van der Waals surface area (Å²) >= 11 is 0. The third-order valence-corrected chi connectivity index (χ3v) is 5.16. The van der Waals surface area contributed by atoms with E-state index < -0.39 is 0 Å². The third kappa shape index (κ3) is 4.51. The molecule has 2 aromatic heterocycles. The van der Waals surface area contributed by atoms with Gasteiger partial charge in [0.15, 0.2) is 0 Å². The maximum Gasteiger partial charge on any atom is 0.227 e. The fourth-order valence-corrected chi connectivity index (χ4v) is 3.49. The number of hydrogen-bond acceptors (Lipinski definition) is 6. The number of amides is 1. The summed E-state index contributed by atoms with van der Waals surface area (Å²) in [6, 6.07) is 13.5. The van der Waals surface area contributed by atoms with Crippen LogP contribution in [0, 0.1) is 5.92 Å². The van der Waals surface area contributed by atoms with Crippen LogP contribution in [0.4, 0.5) is 11.5 Å². The molecule has 0 spiro atoms. The van der Waals surface area contributed by atoms with Gasteiger partial charge in [0, 0.05) is 36.8 Å². The molecule has 0 aliphatic carbocycles. The number of methoxy groups -OCH3 is 1. The standard InChI is InChI=1S/C22H23N5O2/c1-29-19-6-4-16(5-7-19)20-13-21(25-15-24-20)27-11-8-17(9-12-27)22(28)26-18-3-2-10-23-14-18/h2-7,10,13-15,17H,8-9,11-12H2,1H3,(H,26,28). The van der Waals surface area contributed by atoms with E-state index in [9.17, 15) is 4.79 Å². The van der Waals surface area contributed by atoms with Gasteiger partial charge in [0.2, 0.25) is 5.91 Å². The molecule has 0 saturated carbocycles. The molecular formula is C22H23N5O2. The highest BCUT2D eigenvalue weighted by atomic mass is 16.5. The van der Waals surface area contributed by atoms with Crippen LogP contribution in [0.2, 0.25) is 0 Å². The van der Waals surface area contributed by atoms with Crippen LogP contribution in [0.25, 0.3) is 11.3 Å². The molecule has 0 atom stereocenters. The number of piperidine rings is 1. The van der Waals surface area contributed by atoms with Crippen LogP contribution in [0.1, 0.15) is 12.8 Å². The Morgan fingerprint density at radius 3 is 2.62 bits per heavy atom. The van der Waals surface area contributed by atoms with Crippen LogP contribution in [0.3, 0.4) is 0 Å². The van der Waals surface area contributed by atoms with Gasteiger partial charge in [-0.3, -0.25) is 9.78 Å². The van der Waals surface area contributed by atoms with Gasteiger partial charge >= 0.3 is 0 Å². The number of hydrogen-bond donors (Lipinski definition) is 1. The average molecular weight is 389 g/mol. The number of nitrogens with zero attached hydrogens (tertiary/aromatic N) is 4. The van der Waals surface area contributed by atoms with E-state index in [1.54, 1.807) is 25.8 Å². The van der Waals surface area contributed by atoms with Crippen LogP contribution < -0.4 is 15.0 Å². The topological polar surface area (TPSA) is 80.2 Å². The summed E-state index contributed by atoms with van der Waals surface area (Å²) in [4.78, 5) is 27.6. The Labute approximate surface area is 169 Å². The van der Waals surface area contributed by atoms with E-state index in [4.69, 9.17) is 4.74 Å². The van der Waals surface area contributed by atoms with Crippen LogP contribution in [0.15, 0.2) is 61.2 Å². The number of nitrogens with one attached hydrogen (secondary N) is 1. The normalized spacial score (nSPS) is 14.4. The van der Waals surface area contributed by atoms with E-state index in [0.717, 1.165) is 54.4 Å². The molecule has 3 aromatic rings. The van der Waals surface area contributed by atoms with Gasteiger partial charge in [0.25, 0.3) is 0 Å². The fraction of sp³-hybridized carbons (Fsp3) is 0.273. The zero-order valence-corrected chi connectivity index (χ0v) is 16.3. The smallest absolute Gasteiger partial charge is 0.227 e. The summed E-state index contributed by atoms with van der Waals surface area (Å²) in [6.07, 6.45) is 6.52. The molecule has 1 aliphatic rings. The molecule has 3 heterocycles. The SMILES string of the molecule is COc1ccc(-c2cc(N3CCC(C(=O)Nc4cccnc4)CC3)ncn2)cc1. The Hall–Kier alpha value is -3.48. The highest BCUT2D eigenvalue weighted by Gasteiger charge is 2.26. The summed E-state index contributed by atoms with van der Waals surface area (Å²) in [5.74, 6) is 1.75. The summed E-state index contributed by atoms with van der Waals surface area (Å²) in [5, 5.41) is 2.95. The lowest BCUT2D eigenvalue weighted by molar-refractivity contribution is -0.120. The largest absolute Gasteiger partial charge is 0.497 e. The van der Waals surface area contributed by atoms with E-state index >= 15 is 0 Å². The van der Waals surface area contributed by atoms with Crippen molar-refractivity contribution < 1.29 is 9.53 Å². The van der Waals surface area contributed by atoms with Gasteiger partial charge in [0.05, 0.1) is 24.7 Å². The van der Waals surface area contributed by atoms with Crippen molar-refractivity contribution in [3.63, 3.8) is 0 Å². The van der Waals surface area contributed by atoms with E-state index in [0.29, 0.717) is 0 Å². The van der Waals surface area contributed by atoms with Crippen LogP contribution in [-0.4, -0.2) is 41.1 Å². The molecule has 148 valence electrons. The molecule has 1 saturated heterocycles. The number of benzene rings is 1. The van der Waals surface area contributed by atoms with E-state index in [2.05, 4.69) is 25.2 Å². The van der Waals surface area contributed by atoms with Crippen molar-refractivity contribution in [3.05, 3.63) is 61.2 Å². The predicted molar refractivity (Wildman–Crippen MR) is 112 cm³/mol. The molecule has 4 rings (SSSR count). The van der Waals surface area contributed by atoms with E-state index in [-0.39, 0.29) is 11.8 Å². The van der Waals surface area contributed by atoms with Gasteiger partial charge < -0.3 is 15.0 Å². The maximum absolute atomic E-state index is 12.5. The second-order valence-electron chi connectivity index (χ2n) is 6.98. The summed E-state index contributed by atoms with van der Waals surface area (Å²) in [5.41, 5.74) is 2.62. The van der Waals surface area contributed by atoms with E-state index in [1.165, 1.54) is 0 Å². The lowest BCUT2D eigenvalue weighted by atomic mass is 9.95. The van der Waals surface area contributed by atoms with Gasteiger partial charge in [-0.05, 0) is 49.2 Å². The Morgan fingerprint density at radius 2 is 1.93 bits per heavy atom. The molecule has 1 aromatic carbocycles. The molecule has 29 heavy (non-hydrogen) atoms. The minimum Gasteiger partial charge on any atom is -0.497 e. The average Bonchev–Trinajstić information content (AvgIpc) is 2.80. The fourth-order valence-electron chi connectivity index (χ4n) is 3.49. The first kappa shape index (κ1) is 18.9. The second-order valence-corrected chi connectivity index (χ2v) is 6.98. The molecule has 1 fully saturated rings. The lowest BCUT2D eigenvalue weighted by Gasteiger charge is -2.32. The van der Waals surface area contributed by atoms with Gasteiger partial charge in [-0.25, -0.2) is 9.97 Å². The Kier molecular flexibility index (Phi) is 5.65. The monoisotopic (exact) mass is 389 g/mol. The number of carbonyl (C=O) groups is 1. The van der Waals surface area contributed by atoms with Crippen molar-refractivity contribution >= 4 is 17.4 Å². The maximum atomic E-state index is 12.5. The molecule has 7 heteroatoms. The zero-order chi connectivity index (χ0) is 20.1. The number of anilines is 2. The predicted octanol–water partition coefficient (Wildman–Crippen LogP) is 3.40. The summed E-state index contributed by atoms with van der Waals surface area (Å²) in [6.45, 7) is 1.56.